The third-order valence-electron chi connectivity index (χ3n) is 3.34. The van der Waals surface area contributed by atoms with E-state index in [1.807, 2.05) is 19.1 Å². The highest BCUT2D eigenvalue weighted by Crippen LogP contribution is 2.15. The number of hydrazine groups is 1. The van der Waals surface area contributed by atoms with Gasteiger partial charge in [0.1, 0.15) is 5.75 Å². The van der Waals surface area contributed by atoms with Crippen LogP contribution >= 0.6 is 12.2 Å². The van der Waals surface area contributed by atoms with Crippen molar-refractivity contribution in [3.8, 4) is 5.75 Å². The van der Waals surface area contributed by atoms with E-state index in [0.717, 1.165) is 5.56 Å². The first-order valence-corrected chi connectivity index (χ1v) is 8.10. The standard InChI is InChI=1S/C17H16N4O5S/c1-11-4-2-3-5-14(11)26-10-15(22)18-17(27)20-19-16(23)12-6-8-13(9-7-12)21(24)25/h2-9H,10H2,1H3,(H,19,23)(H2,18,20,22,27). The minimum absolute atomic E-state index is 0.122. The minimum atomic E-state index is -0.572. The summed E-state index contributed by atoms with van der Waals surface area (Å²) in [6.45, 7) is 1.61. The number of ether oxygens (including phenoxy) is 1. The van der Waals surface area contributed by atoms with Crippen LogP contribution in [0.4, 0.5) is 5.69 Å². The molecule has 0 spiro atoms. The number of benzene rings is 2. The second-order valence-electron chi connectivity index (χ2n) is 5.31. The van der Waals surface area contributed by atoms with Gasteiger partial charge in [0.05, 0.1) is 4.92 Å². The number of para-hydroxylation sites is 1. The Morgan fingerprint density at radius 3 is 2.41 bits per heavy atom. The van der Waals surface area contributed by atoms with Gasteiger partial charge in [0.2, 0.25) is 0 Å². The average Bonchev–Trinajstić information content (AvgIpc) is 2.65. The van der Waals surface area contributed by atoms with Gasteiger partial charge in [0, 0.05) is 17.7 Å². The van der Waals surface area contributed by atoms with Crippen molar-refractivity contribution in [2.45, 2.75) is 6.92 Å². The number of hydrogen-bond acceptors (Lipinski definition) is 6. The number of rotatable bonds is 5. The molecule has 10 heteroatoms. The Morgan fingerprint density at radius 2 is 1.78 bits per heavy atom. The molecule has 0 atom stereocenters. The zero-order valence-electron chi connectivity index (χ0n) is 14.2. The maximum Gasteiger partial charge on any atom is 0.269 e. The number of thiocarbonyl (C=S) groups is 1. The molecule has 0 radical (unpaired) electrons. The molecule has 2 aromatic carbocycles. The number of amides is 2. The molecule has 9 nitrogen and oxygen atoms in total. The quantitative estimate of drug-likeness (QED) is 0.404. The number of nitrogens with one attached hydrogen (secondary N) is 3. The lowest BCUT2D eigenvalue weighted by atomic mass is 10.2. The average molecular weight is 388 g/mol. The highest BCUT2D eigenvalue weighted by molar-refractivity contribution is 7.80. The fourth-order valence-electron chi connectivity index (χ4n) is 1.98. The lowest BCUT2D eigenvalue weighted by Crippen LogP contribution is -2.49. The van der Waals surface area contributed by atoms with E-state index < -0.39 is 16.7 Å². The van der Waals surface area contributed by atoms with Crippen LogP contribution in [0.5, 0.6) is 5.75 Å². The van der Waals surface area contributed by atoms with E-state index in [1.165, 1.54) is 24.3 Å². The zero-order chi connectivity index (χ0) is 19.8. The number of carbonyl (C=O) groups is 2. The van der Waals surface area contributed by atoms with Gasteiger partial charge in [-0.15, -0.1) is 0 Å². The van der Waals surface area contributed by atoms with Gasteiger partial charge < -0.3 is 4.74 Å². The van der Waals surface area contributed by atoms with Crippen LogP contribution in [-0.2, 0) is 4.79 Å². The number of nitro benzene ring substituents is 1. The molecular formula is C17H16N4O5S. The molecule has 0 heterocycles. The minimum Gasteiger partial charge on any atom is -0.483 e. The number of nitro groups is 1. The fourth-order valence-corrected chi connectivity index (χ4v) is 2.14. The normalized spacial score (nSPS) is 9.81. The van der Waals surface area contributed by atoms with Gasteiger partial charge in [0.15, 0.2) is 11.7 Å². The molecule has 2 amide bonds. The fraction of sp³-hybridized carbons (Fsp3) is 0.118. The topological polar surface area (TPSA) is 123 Å². The van der Waals surface area contributed by atoms with E-state index in [-0.39, 0.29) is 23.0 Å². The third kappa shape index (κ3) is 6.04. The third-order valence-corrected chi connectivity index (χ3v) is 3.54. The van der Waals surface area contributed by atoms with Crippen LogP contribution < -0.4 is 20.9 Å². The molecule has 0 aliphatic rings. The van der Waals surface area contributed by atoms with Crippen molar-refractivity contribution in [3.63, 3.8) is 0 Å². The van der Waals surface area contributed by atoms with E-state index >= 15 is 0 Å². The first-order valence-electron chi connectivity index (χ1n) is 7.70. The van der Waals surface area contributed by atoms with Crippen molar-refractivity contribution >= 4 is 34.8 Å². The summed E-state index contributed by atoms with van der Waals surface area (Å²) in [6, 6.07) is 12.3. The smallest absolute Gasteiger partial charge is 0.269 e. The van der Waals surface area contributed by atoms with Crippen molar-refractivity contribution < 1.29 is 19.2 Å². The van der Waals surface area contributed by atoms with E-state index in [4.69, 9.17) is 17.0 Å². The lowest BCUT2D eigenvalue weighted by molar-refractivity contribution is -0.384. The number of non-ortho nitro benzene ring substituents is 1. The van der Waals surface area contributed by atoms with Crippen LogP contribution in [0, 0.1) is 17.0 Å². The molecule has 0 unspecified atom stereocenters. The molecule has 0 aliphatic carbocycles. The highest BCUT2D eigenvalue weighted by Gasteiger charge is 2.11. The Kier molecular flexibility index (Phi) is 6.78. The zero-order valence-corrected chi connectivity index (χ0v) is 15.0. The SMILES string of the molecule is Cc1ccccc1OCC(=O)NC(=S)NNC(=O)c1ccc([N+](=O)[O-])cc1. The second-order valence-corrected chi connectivity index (χ2v) is 5.72. The summed E-state index contributed by atoms with van der Waals surface area (Å²) in [6.07, 6.45) is 0. The first kappa shape index (κ1) is 19.8. The molecule has 0 aromatic heterocycles. The van der Waals surface area contributed by atoms with Crippen LogP contribution in [0.15, 0.2) is 48.5 Å². The van der Waals surface area contributed by atoms with Crippen LogP contribution in [-0.4, -0.2) is 28.5 Å². The lowest BCUT2D eigenvalue weighted by Gasteiger charge is -2.12. The van der Waals surface area contributed by atoms with Gasteiger partial charge in [0.25, 0.3) is 17.5 Å². The van der Waals surface area contributed by atoms with E-state index in [1.54, 1.807) is 12.1 Å². The highest BCUT2D eigenvalue weighted by atomic mass is 32.1. The van der Waals surface area contributed by atoms with Crippen molar-refractivity contribution in [2.75, 3.05) is 6.61 Å². The molecule has 140 valence electrons. The molecule has 3 N–H and O–H groups in total. The van der Waals surface area contributed by atoms with Crippen molar-refractivity contribution in [3.05, 3.63) is 69.8 Å². The number of aryl methyl sites for hydroxylation is 1. The molecule has 0 aliphatic heterocycles. The summed E-state index contributed by atoms with van der Waals surface area (Å²) in [5.74, 6) is -0.490. The molecule has 2 rings (SSSR count). The maximum atomic E-state index is 11.9. The number of hydrogen-bond donors (Lipinski definition) is 3. The summed E-state index contributed by atoms with van der Waals surface area (Å²) in [5.41, 5.74) is 5.60. The summed E-state index contributed by atoms with van der Waals surface area (Å²) in [4.78, 5) is 33.8. The summed E-state index contributed by atoms with van der Waals surface area (Å²) < 4.78 is 5.38. The van der Waals surface area contributed by atoms with Crippen molar-refractivity contribution in [1.82, 2.24) is 16.2 Å². The Bertz CT molecular complexity index is 870. The summed E-state index contributed by atoms with van der Waals surface area (Å²) in [7, 11) is 0. The van der Waals surface area contributed by atoms with Gasteiger partial charge in [-0.2, -0.15) is 0 Å². The van der Waals surface area contributed by atoms with Gasteiger partial charge in [-0.05, 0) is 42.9 Å². The van der Waals surface area contributed by atoms with E-state index in [2.05, 4.69) is 16.2 Å². The van der Waals surface area contributed by atoms with Crippen LogP contribution in [0.3, 0.4) is 0 Å². The molecule has 27 heavy (non-hydrogen) atoms. The molecular weight excluding hydrogens is 372 g/mol. The Balaban J connectivity index is 1.76. The number of carbonyl (C=O) groups excluding carboxylic acids is 2. The van der Waals surface area contributed by atoms with Crippen molar-refractivity contribution in [2.24, 2.45) is 0 Å². The Hall–Kier alpha value is -3.53. The van der Waals surface area contributed by atoms with Gasteiger partial charge in [-0.1, -0.05) is 18.2 Å². The van der Waals surface area contributed by atoms with E-state index in [0.29, 0.717) is 5.75 Å². The largest absolute Gasteiger partial charge is 0.483 e. The van der Waals surface area contributed by atoms with Crippen LogP contribution in [0.1, 0.15) is 15.9 Å². The monoisotopic (exact) mass is 388 g/mol. The predicted octanol–water partition coefficient (Wildman–Crippen LogP) is 1.62. The summed E-state index contributed by atoms with van der Waals surface area (Å²) in [5, 5.41) is 12.8. The van der Waals surface area contributed by atoms with Crippen LogP contribution in [0.2, 0.25) is 0 Å². The Morgan fingerprint density at radius 1 is 1.11 bits per heavy atom. The Labute approximate surface area is 159 Å². The molecule has 0 fully saturated rings. The van der Waals surface area contributed by atoms with Crippen LogP contribution in [0.25, 0.3) is 0 Å². The van der Waals surface area contributed by atoms with E-state index in [9.17, 15) is 19.7 Å². The van der Waals surface area contributed by atoms with Gasteiger partial charge in [-0.25, -0.2) is 0 Å². The first-order chi connectivity index (χ1) is 12.9. The summed E-state index contributed by atoms with van der Waals surface area (Å²) >= 11 is 4.91. The number of nitrogens with zero attached hydrogens (tertiary/aromatic N) is 1. The molecule has 0 saturated carbocycles. The predicted molar refractivity (Wildman–Crippen MR) is 101 cm³/mol. The second kappa shape index (κ2) is 9.25. The molecule has 0 bridgehead atoms. The molecule has 2 aromatic rings. The maximum absolute atomic E-state index is 11.9. The van der Waals surface area contributed by atoms with Crippen molar-refractivity contribution in [1.29, 1.82) is 0 Å². The van der Waals surface area contributed by atoms with Gasteiger partial charge >= 0.3 is 0 Å². The van der Waals surface area contributed by atoms with Gasteiger partial charge in [-0.3, -0.25) is 35.9 Å². The molecule has 0 saturated heterocycles.